The van der Waals surface area contributed by atoms with Crippen LogP contribution in [-0.2, 0) is 6.54 Å². The van der Waals surface area contributed by atoms with E-state index in [0.717, 1.165) is 18.8 Å². The van der Waals surface area contributed by atoms with Crippen molar-refractivity contribution in [1.82, 2.24) is 4.90 Å². The molecule has 0 radical (unpaired) electrons. The van der Waals surface area contributed by atoms with Crippen LogP contribution < -0.4 is 10.5 Å². The summed E-state index contributed by atoms with van der Waals surface area (Å²) in [5.74, 6) is 0.919. The molecule has 1 heterocycles. The molecular formula is C14H22N2O. The van der Waals surface area contributed by atoms with Crippen LogP contribution >= 0.6 is 0 Å². The summed E-state index contributed by atoms with van der Waals surface area (Å²) >= 11 is 0. The number of rotatable bonds is 4. The fourth-order valence-electron chi connectivity index (χ4n) is 2.50. The highest BCUT2D eigenvalue weighted by Gasteiger charge is 2.20. The Morgan fingerprint density at radius 3 is 2.71 bits per heavy atom. The number of methoxy groups -OCH3 is 1. The van der Waals surface area contributed by atoms with Crippen LogP contribution in [0.4, 0.5) is 0 Å². The van der Waals surface area contributed by atoms with Crippen molar-refractivity contribution in [3.05, 3.63) is 29.8 Å². The van der Waals surface area contributed by atoms with Crippen LogP contribution in [0.5, 0.6) is 5.75 Å². The third-order valence-corrected chi connectivity index (χ3v) is 3.57. The van der Waals surface area contributed by atoms with Gasteiger partial charge < -0.3 is 10.5 Å². The van der Waals surface area contributed by atoms with Crippen LogP contribution in [0.15, 0.2) is 24.3 Å². The van der Waals surface area contributed by atoms with Crippen molar-refractivity contribution in [3.63, 3.8) is 0 Å². The van der Waals surface area contributed by atoms with Gasteiger partial charge in [0.1, 0.15) is 5.75 Å². The smallest absolute Gasteiger partial charge is 0.118 e. The zero-order chi connectivity index (χ0) is 12.1. The van der Waals surface area contributed by atoms with Gasteiger partial charge in [0.05, 0.1) is 7.11 Å². The van der Waals surface area contributed by atoms with E-state index in [1.54, 1.807) is 7.11 Å². The van der Waals surface area contributed by atoms with Gasteiger partial charge in [-0.1, -0.05) is 18.6 Å². The Kier molecular flexibility index (Phi) is 4.40. The SMILES string of the molecule is COc1ccc(CN2CCCCC2CN)cc1. The lowest BCUT2D eigenvalue weighted by atomic mass is 10.0. The van der Waals surface area contributed by atoms with Crippen LogP contribution in [0.1, 0.15) is 24.8 Å². The molecule has 1 atom stereocenters. The molecule has 1 aromatic carbocycles. The summed E-state index contributed by atoms with van der Waals surface area (Å²) in [6.07, 6.45) is 3.86. The third kappa shape index (κ3) is 3.20. The maximum absolute atomic E-state index is 5.83. The topological polar surface area (TPSA) is 38.5 Å². The largest absolute Gasteiger partial charge is 0.497 e. The van der Waals surface area contributed by atoms with Gasteiger partial charge in [-0.15, -0.1) is 0 Å². The zero-order valence-corrected chi connectivity index (χ0v) is 10.6. The van der Waals surface area contributed by atoms with E-state index in [1.165, 1.54) is 31.4 Å². The average molecular weight is 234 g/mol. The monoisotopic (exact) mass is 234 g/mol. The first kappa shape index (κ1) is 12.4. The predicted octanol–water partition coefficient (Wildman–Crippen LogP) is 2.01. The molecule has 0 aromatic heterocycles. The van der Waals surface area contributed by atoms with Crippen LogP contribution in [0.25, 0.3) is 0 Å². The molecule has 1 fully saturated rings. The lowest BCUT2D eigenvalue weighted by Crippen LogP contribution is -2.43. The van der Waals surface area contributed by atoms with Crippen molar-refractivity contribution < 1.29 is 4.74 Å². The van der Waals surface area contributed by atoms with Gasteiger partial charge in [0.2, 0.25) is 0 Å². The lowest BCUT2D eigenvalue weighted by molar-refractivity contribution is 0.145. The molecule has 3 heteroatoms. The van der Waals surface area contributed by atoms with Gasteiger partial charge in [0.25, 0.3) is 0 Å². The molecule has 2 N–H and O–H groups in total. The molecule has 17 heavy (non-hydrogen) atoms. The highest BCUT2D eigenvalue weighted by Crippen LogP contribution is 2.20. The molecule has 1 aliphatic rings. The fourth-order valence-corrected chi connectivity index (χ4v) is 2.50. The molecule has 1 aromatic rings. The van der Waals surface area contributed by atoms with Gasteiger partial charge in [-0.2, -0.15) is 0 Å². The summed E-state index contributed by atoms with van der Waals surface area (Å²) in [7, 11) is 1.70. The second-order valence-corrected chi connectivity index (χ2v) is 4.70. The predicted molar refractivity (Wildman–Crippen MR) is 70.1 cm³/mol. The van der Waals surface area contributed by atoms with E-state index < -0.39 is 0 Å². The number of nitrogens with two attached hydrogens (primary N) is 1. The van der Waals surface area contributed by atoms with Crippen molar-refractivity contribution >= 4 is 0 Å². The van der Waals surface area contributed by atoms with Gasteiger partial charge in [-0.25, -0.2) is 0 Å². The number of nitrogens with zero attached hydrogens (tertiary/aromatic N) is 1. The van der Waals surface area contributed by atoms with Gasteiger partial charge in [-0.05, 0) is 37.1 Å². The van der Waals surface area contributed by atoms with E-state index >= 15 is 0 Å². The van der Waals surface area contributed by atoms with E-state index in [-0.39, 0.29) is 0 Å². The van der Waals surface area contributed by atoms with Gasteiger partial charge in [-0.3, -0.25) is 4.90 Å². The standard InChI is InChI=1S/C14H22N2O/c1-17-14-7-5-12(6-8-14)11-16-9-3-2-4-13(16)10-15/h5-8,13H,2-4,9-11,15H2,1H3. The van der Waals surface area contributed by atoms with Gasteiger partial charge >= 0.3 is 0 Å². The Morgan fingerprint density at radius 2 is 2.06 bits per heavy atom. The minimum atomic E-state index is 0.561. The number of hydrogen-bond acceptors (Lipinski definition) is 3. The number of ether oxygens (including phenoxy) is 1. The molecule has 3 nitrogen and oxygen atoms in total. The number of piperidine rings is 1. The summed E-state index contributed by atoms with van der Waals surface area (Å²) in [6, 6.07) is 8.89. The molecule has 0 bridgehead atoms. The molecule has 0 amide bonds. The molecule has 1 saturated heterocycles. The maximum atomic E-state index is 5.83. The highest BCUT2D eigenvalue weighted by atomic mass is 16.5. The lowest BCUT2D eigenvalue weighted by Gasteiger charge is -2.35. The first-order chi connectivity index (χ1) is 8.33. The van der Waals surface area contributed by atoms with Crippen molar-refractivity contribution in [2.24, 2.45) is 5.73 Å². The minimum Gasteiger partial charge on any atom is -0.497 e. The van der Waals surface area contributed by atoms with Crippen LogP contribution in [0, 0.1) is 0 Å². The Balaban J connectivity index is 1.98. The van der Waals surface area contributed by atoms with E-state index in [4.69, 9.17) is 10.5 Å². The minimum absolute atomic E-state index is 0.561. The number of hydrogen-bond donors (Lipinski definition) is 1. The molecule has 0 saturated carbocycles. The molecule has 0 aliphatic carbocycles. The zero-order valence-electron chi connectivity index (χ0n) is 10.6. The maximum Gasteiger partial charge on any atom is 0.118 e. The Morgan fingerprint density at radius 1 is 1.29 bits per heavy atom. The normalized spacial score (nSPS) is 21.4. The molecule has 2 rings (SSSR count). The van der Waals surface area contributed by atoms with E-state index in [0.29, 0.717) is 6.04 Å². The van der Waals surface area contributed by atoms with Gasteiger partial charge in [0.15, 0.2) is 0 Å². The Labute approximate surface area is 104 Å². The first-order valence-electron chi connectivity index (χ1n) is 6.40. The molecule has 94 valence electrons. The van der Waals surface area contributed by atoms with Crippen molar-refractivity contribution in [2.45, 2.75) is 31.8 Å². The first-order valence-corrected chi connectivity index (χ1v) is 6.40. The third-order valence-electron chi connectivity index (χ3n) is 3.57. The second-order valence-electron chi connectivity index (χ2n) is 4.70. The van der Waals surface area contributed by atoms with Crippen LogP contribution in [-0.4, -0.2) is 31.1 Å². The Hall–Kier alpha value is -1.06. The summed E-state index contributed by atoms with van der Waals surface area (Å²) < 4.78 is 5.17. The van der Waals surface area contributed by atoms with Crippen molar-refractivity contribution in [3.8, 4) is 5.75 Å². The summed E-state index contributed by atoms with van der Waals surface area (Å²) in [5, 5.41) is 0. The fraction of sp³-hybridized carbons (Fsp3) is 0.571. The molecular weight excluding hydrogens is 212 g/mol. The molecule has 1 aliphatic heterocycles. The number of benzene rings is 1. The summed E-state index contributed by atoms with van der Waals surface area (Å²) in [5.41, 5.74) is 7.17. The average Bonchev–Trinajstić information content (AvgIpc) is 2.40. The van der Waals surface area contributed by atoms with Crippen molar-refractivity contribution in [2.75, 3.05) is 20.2 Å². The van der Waals surface area contributed by atoms with E-state index in [9.17, 15) is 0 Å². The molecule has 0 spiro atoms. The van der Waals surface area contributed by atoms with Crippen LogP contribution in [0.3, 0.4) is 0 Å². The number of likely N-dealkylation sites (tertiary alicyclic amines) is 1. The summed E-state index contributed by atoms with van der Waals surface area (Å²) in [4.78, 5) is 2.51. The molecule has 1 unspecified atom stereocenters. The Bertz CT molecular complexity index is 337. The summed E-state index contributed by atoms with van der Waals surface area (Å²) in [6.45, 7) is 2.95. The van der Waals surface area contributed by atoms with E-state index in [2.05, 4.69) is 17.0 Å². The quantitative estimate of drug-likeness (QED) is 0.866. The van der Waals surface area contributed by atoms with E-state index in [1.807, 2.05) is 12.1 Å². The highest BCUT2D eigenvalue weighted by molar-refractivity contribution is 5.27. The van der Waals surface area contributed by atoms with Gasteiger partial charge in [0, 0.05) is 19.1 Å². The van der Waals surface area contributed by atoms with Crippen LogP contribution in [0.2, 0.25) is 0 Å². The second kappa shape index (κ2) is 6.03. The van der Waals surface area contributed by atoms with Crippen molar-refractivity contribution in [1.29, 1.82) is 0 Å².